The van der Waals surface area contributed by atoms with Gasteiger partial charge in [-0.1, -0.05) is 110 Å². The first-order chi connectivity index (χ1) is 11.6. The predicted molar refractivity (Wildman–Crippen MR) is 108 cm³/mol. The van der Waals surface area contributed by atoms with E-state index >= 15 is 0 Å². The molecule has 0 saturated heterocycles. The minimum Gasteiger partial charge on any atom is -0.204 e. The van der Waals surface area contributed by atoms with Crippen LogP contribution in [0.3, 0.4) is 0 Å². The molecule has 0 atom stereocenters. The summed E-state index contributed by atoms with van der Waals surface area (Å²) in [4.78, 5) is 5.69. The highest BCUT2D eigenvalue weighted by Gasteiger charge is 2.06. The van der Waals surface area contributed by atoms with Gasteiger partial charge >= 0.3 is 0 Å². The molecule has 0 unspecified atom stereocenters. The molecule has 0 aliphatic heterocycles. The van der Waals surface area contributed by atoms with Gasteiger partial charge in [0.1, 0.15) is 6.61 Å². The Labute approximate surface area is 153 Å². The highest BCUT2D eigenvalue weighted by atomic mass is 16.7. The Bertz CT molecular complexity index is 235. The maximum atomic E-state index is 5.69. The molecular weight excluding hydrogens is 294 g/mol. The fourth-order valence-electron chi connectivity index (χ4n) is 3.17. The van der Waals surface area contributed by atoms with Crippen LogP contribution in [0.5, 0.6) is 0 Å². The van der Waals surface area contributed by atoms with E-state index in [-0.39, 0.29) is 0 Å². The van der Waals surface area contributed by atoms with Crippen molar-refractivity contribution >= 4 is 0 Å². The number of rotatable bonds is 19. The molecule has 0 spiro atoms. The van der Waals surface area contributed by atoms with Crippen molar-refractivity contribution in [1.82, 2.24) is 0 Å². The number of hydrogen-bond donors (Lipinski definition) is 0. The van der Waals surface area contributed by atoms with Crippen LogP contribution in [0.2, 0.25) is 0 Å². The Hall–Kier alpha value is -0.0800. The Morgan fingerprint density at radius 1 is 0.458 bits per heavy atom. The first-order valence-corrected chi connectivity index (χ1v) is 11.0. The Morgan fingerprint density at radius 2 is 0.750 bits per heavy atom. The lowest BCUT2D eigenvalue weighted by molar-refractivity contribution is -1.06. The van der Waals surface area contributed by atoms with Gasteiger partial charge in [-0.3, -0.25) is 0 Å². The predicted octanol–water partition coefficient (Wildman–Crippen LogP) is 7.28. The van der Waals surface area contributed by atoms with Crippen LogP contribution in [-0.4, -0.2) is 32.4 Å². The molecule has 0 aliphatic carbocycles. The quantitative estimate of drug-likeness (QED) is 0.136. The summed E-state index contributed by atoms with van der Waals surface area (Å²) in [5.74, 6) is 0. The highest BCUT2D eigenvalue weighted by molar-refractivity contribution is 4.50. The molecule has 0 bridgehead atoms. The minimum atomic E-state index is 0.624. The van der Waals surface area contributed by atoms with Gasteiger partial charge in [0, 0.05) is 0 Å². The summed E-state index contributed by atoms with van der Waals surface area (Å²) in [5.41, 5.74) is 0. The summed E-state index contributed by atoms with van der Waals surface area (Å²) in [6.07, 6.45) is 24.3. The van der Waals surface area contributed by atoms with Crippen LogP contribution in [0.1, 0.15) is 116 Å². The smallest absolute Gasteiger partial charge is 0.106 e. The summed E-state index contributed by atoms with van der Waals surface area (Å²) in [6, 6.07) is 0. The topological polar surface area (TPSA) is 9.23 Å². The van der Waals surface area contributed by atoms with Crippen LogP contribution in [0.15, 0.2) is 0 Å². The largest absolute Gasteiger partial charge is 0.204 e. The molecule has 2 heteroatoms. The third-order valence-corrected chi connectivity index (χ3v) is 4.73. The number of hydroxylamine groups is 3. The molecule has 0 aromatic rings. The van der Waals surface area contributed by atoms with Crippen LogP contribution in [-0.2, 0) is 4.84 Å². The van der Waals surface area contributed by atoms with E-state index in [2.05, 4.69) is 28.1 Å². The van der Waals surface area contributed by atoms with Crippen molar-refractivity contribution < 1.29 is 9.48 Å². The first-order valence-electron chi connectivity index (χ1n) is 11.0. The van der Waals surface area contributed by atoms with Crippen molar-refractivity contribution in [3.63, 3.8) is 0 Å². The van der Waals surface area contributed by atoms with Gasteiger partial charge in [-0.15, -0.1) is 0 Å². The Kier molecular flexibility index (Phi) is 17.7. The van der Waals surface area contributed by atoms with Gasteiger partial charge in [-0.2, -0.15) is 4.65 Å². The monoisotopic (exact) mass is 342 g/mol. The average Bonchev–Trinajstić information content (AvgIpc) is 2.52. The molecule has 0 radical (unpaired) electrons. The number of quaternary nitrogens is 1. The first kappa shape index (κ1) is 23.9. The normalized spacial score (nSPS) is 12.0. The van der Waals surface area contributed by atoms with E-state index in [1.165, 1.54) is 109 Å². The average molecular weight is 343 g/mol. The summed E-state index contributed by atoms with van der Waals surface area (Å²) in [7, 11) is 6.23. The third kappa shape index (κ3) is 21.9. The van der Waals surface area contributed by atoms with Crippen LogP contribution in [0, 0.1) is 0 Å². The highest BCUT2D eigenvalue weighted by Crippen LogP contribution is 2.14. The molecule has 146 valence electrons. The SMILES string of the molecule is CCCCCCCCCCCCCCCCCCCO[N+](C)(C)C. The van der Waals surface area contributed by atoms with Crippen molar-refractivity contribution in [3.05, 3.63) is 0 Å². The molecule has 0 aromatic heterocycles. The van der Waals surface area contributed by atoms with Crippen LogP contribution in [0.4, 0.5) is 0 Å². The second-order valence-corrected chi connectivity index (χ2v) is 8.38. The number of nitrogens with zero attached hydrogens (tertiary/aromatic N) is 1. The van der Waals surface area contributed by atoms with Gasteiger partial charge < -0.3 is 0 Å². The van der Waals surface area contributed by atoms with E-state index in [1.807, 2.05) is 0 Å². The van der Waals surface area contributed by atoms with Gasteiger partial charge in [0.05, 0.1) is 21.1 Å². The molecule has 0 amide bonds. The minimum absolute atomic E-state index is 0.624. The fourth-order valence-corrected chi connectivity index (χ4v) is 3.17. The molecule has 0 fully saturated rings. The second-order valence-electron chi connectivity index (χ2n) is 8.38. The van der Waals surface area contributed by atoms with Crippen LogP contribution in [0.25, 0.3) is 0 Å². The molecule has 24 heavy (non-hydrogen) atoms. The molecule has 0 aliphatic rings. The van der Waals surface area contributed by atoms with Crippen molar-refractivity contribution in [1.29, 1.82) is 0 Å². The zero-order chi connectivity index (χ0) is 17.9. The summed E-state index contributed by atoms with van der Waals surface area (Å²) >= 11 is 0. The zero-order valence-electron chi connectivity index (χ0n) is 17.6. The van der Waals surface area contributed by atoms with E-state index < -0.39 is 0 Å². The van der Waals surface area contributed by atoms with Crippen LogP contribution < -0.4 is 0 Å². The fraction of sp³-hybridized carbons (Fsp3) is 1.00. The van der Waals surface area contributed by atoms with Crippen molar-refractivity contribution in [2.45, 2.75) is 116 Å². The Balaban J connectivity index is 3.00. The van der Waals surface area contributed by atoms with E-state index in [1.54, 1.807) is 0 Å². The lowest BCUT2D eigenvalue weighted by Gasteiger charge is -2.20. The molecule has 0 heterocycles. The van der Waals surface area contributed by atoms with Gasteiger partial charge in [0.25, 0.3) is 0 Å². The Morgan fingerprint density at radius 3 is 1.04 bits per heavy atom. The second kappa shape index (κ2) is 17.7. The summed E-state index contributed by atoms with van der Waals surface area (Å²) in [6.45, 7) is 3.20. The molecule has 0 N–H and O–H groups in total. The van der Waals surface area contributed by atoms with E-state index in [0.29, 0.717) is 4.65 Å². The van der Waals surface area contributed by atoms with E-state index in [0.717, 1.165) is 6.61 Å². The maximum absolute atomic E-state index is 5.69. The number of unbranched alkanes of at least 4 members (excludes halogenated alkanes) is 16. The lowest BCUT2D eigenvalue weighted by Crippen LogP contribution is -2.34. The van der Waals surface area contributed by atoms with E-state index in [9.17, 15) is 0 Å². The van der Waals surface area contributed by atoms with Gasteiger partial charge in [0.15, 0.2) is 0 Å². The molecule has 0 rings (SSSR count). The molecular formula is C22H48NO+. The van der Waals surface area contributed by atoms with Crippen molar-refractivity contribution in [3.8, 4) is 0 Å². The van der Waals surface area contributed by atoms with Crippen molar-refractivity contribution in [2.24, 2.45) is 0 Å². The summed E-state index contributed by atoms with van der Waals surface area (Å²) in [5, 5.41) is 0. The van der Waals surface area contributed by atoms with Gasteiger partial charge in [-0.05, 0) is 6.42 Å². The summed E-state index contributed by atoms with van der Waals surface area (Å²) < 4.78 is 0.624. The van der Waals surface area contributed by atoms with Gasteiger partial charge in [0.2, 0.25) is 0 Å². The number of hydrogen-bond acceptors (Lipinski definition) is 1. The maximum Gasteiger partial charge on any atom is 0.106 e. The molecule has 2 nitrogen and oxygen atoms in total. The van der Waals surface area contributed by atoms with Gasteiger partial charge in [-0.25, -0.2) is 4.84 Å². The zero-order valence-corrected chi connectivity index (χ0v) is 17.6. The standard InChI is InChI=1S/C22H48NO/c1-5-6-7-8-9-10-11-12-13-14-15-16-17-18-19-20-21-22-24-23(2,3)4/h5-22H2,1-4H3/q+1. The van der Waals surface area contributed by atoms with E-state index in [4.69, 9.17) is 4.84 Å². The van der Waals surface area contributed by atoms with Crippen molar-refractivity contribution in [2.75, 3.05) is 27.7 Å². The molecule has 0 saturated carbocycles. The lowest BCUT2D eigenvalue weighted by atomic mass is 10.0. The third-order valence-electron chi connectivity index (χ3n) is 4.73. The van der Waals surface area contributed by atoms with Crippen LogP contribution >= 0.6 is 0 Å². The molecule has 0 aromatic carbocycles.